The van der Waals surface area contributed by atoms with Gasteiger partial charge >= 0.3 is 5.97 Å². The van der Waals surface area contributed by atoms with E-state index in [4.69, 9.17) is 0 Å². The lowest BCUT2D eigenvalue weighted by atomic mass is 10.0. The van der Waals surface area contributed by atoms with Crippen molar-refractivity contribution in [2.45, 2.75) is 116 Å². The number of Topliss-reactive ketones (excluding diaryl/α,β-unsaturated/α-hetero) is 1. The first-order valence-electron chi connectivity index (χ1n) is 12.5. The third kappa shape index (κ3) is 14.0. The summed E-state index contributed by atoms with van der Waals surface area (Å²) in [5.41, 5.74) is 1.68. The molecule has 0 bridgehead atoms. The lowest BCUT2D eigenvalue weighted by Gasteiger charge is -2.15. The van der Waals surface area contributed by atoms with E-state index in [9.17, 15) is 9.59 Å². The molecule has 0 saturated heterocycles. The van der Waals surface area contributed by atoms with Crippen LogP contribution in [0.2, 0.25) is 0 Å². The van der Waals surface area contributed by atoms with Crippen LogP contribution in [0.25, 0.3) is 0 Å². The normalized spacial score (nSPS) is 11.8. The van der Waals surface area contributed by atoms with Crippen molar-refractivity contribution in [1.82, 2.24) is 0 Å². The molecule has 0 aliphatic carbocycles. The minimum Gasteiger partial charge on any atom is -0.469 e. The van der Waals surface area contributed by atoms with E-state index in [0.717, 1.165) is 12.1 Å². The van der Waals surface area contributed by atoms with E-state index in [0.29, 0.717) is 11.6 Å². The highest BCUT2D eigenvalue weighted by Crippen LogP contribution is 2.16. The minimum atomic E-state index is -0.349. The molecule has 1 aromatic rings. The zero-order valence-corrected chi connectivity index (χ0v) is 20.2. The average Bonchev–Trinajstić information content (AvgIpc) is 2.78. The maximum absolute atomic E-state index is 12.1. The lowest BCUT2D eigenvalue weighted by Crippen LogP contribution is -2.15. The maximum Gasteiger partial charge on any atom is 0.305 e. The van der Waals surface area contributed by atoms with Crippen LogP contribution in [-0.4, -0.2) is 24.9 Å². The van der Waals surface area contributed by atoms with Gasteiger partial charge in [0, 0.05) is 23.7 Å². The molecule has 176 valence electrons. The van der Waals surface area contributed by atoms with Crippen LogP contribution in [0.3, 0.4) is 0 Å². The van der Waals surface area contributed by atoms with Gasteiger partial charge in [0.2, 0.25) is 0 Å². The van der Waals surface area contributed by atoms with Crippen molar-refractivity contribution in [3.05, 3.63) is 29.8 Å². The second kappa shape index (κ2) is 17.8. The molecule has 31 heavy (non-hydrogen) atoms. The van der Waals surface area contributed by atoms with Crippen molar-refractivity contribution < 1.29 is 14.3 Å². The first kappa shape index (κ1) is 27.2. The molecule has 0 aliphatic rings. The molecule has 4 nitrogen and oxygen atoms in total. The van der Waals surface area contributed by atoms with Crippen molar-refractivity contribution in [2.75, 3.05) is 12.4 Å². The topological polar surface area (TPSA) is 55.4 Å². The fourth-order valence-corrected chi connectivity index (χ4v) is 3.86. The zero-order valence-electron chi connectivity index (χ0n) is 20.2. The minimum absolute atomic E-state index is 0.0264. The number of hydrogen-bond donors (Lipinski definition) is 1. The van der Waals surface area contributed by atoms with Gasteiger partial charge in [0.25, 0.3) is 0 Å². The van der Waals surface area contributed by atoms with Gasteiger partial charge in [-0.05, 0) is 37.6 Å². The molecule has 0 radical (unpaired) electrons. The molecule has 0 saturated carbocycles. The summed E-state index contributed by atoms with van der Waals surface area (Å²) in [6, 6.07) is 7.98. The predicted molar refractivity (Wildman–Crippen MR) is 131 cm³/mol. The maximum atomic E-state index is 12.1. The third-order valence-corrected chi connectivity index (χ3v) is 5.89. The van der Waals surface area contributed by atoms with Gasteiger partial charge in [0.1, 0.15) is 0 Å². The van der Waals surface area contributed by atoms with Crippen molar-refractivity contribution in [2.24, 2.45) is 0 Å². The van der Waals surface area contributed by atoms with Crippen LogP contribution in [0.15, 0.2) is 24.3 Å². The van der Waals surface area contributed by atoms with Gasteiger partial charge in [-0.15, -0.1) is 0 Å². The molecule has 0 aromatic heterocycles. The van der Waals surface area contributed by atoms with Gasteiger partial charge in [0.05, 0.1) is 13.5 Å². The van der Waals surface area contributed by atoms with Crippen LogP contribution in [0.4, 0.5) is 5.69 Å². The Morgan fingerprint density at radius 3 is 1.84 bits per heavy atom. The largest absolute Gasteiger partial charge is 0.469 e. The first-order chi connectivity index (χ1) is 15.1. The van der Waals surface area contributed by atoms with Crippen molar-refractivity contribution in [3.63, 3.8) is 0 Å². The van der Waals surface area contributed by atoms with Gasteiger partial charge in [-0.2, -0.15) is 0 Å². The van der Waals surface area contributed by atoms with Gasteiger partial charge in [-0.1, -0.05) is 84.0 Å². The van der Waals surface area contributed by atoms with Gasteiger partial charge in [-0.3, -0.25) is 9.59 Å². The SMILES string of the molecule is CCCCCCCCCCCCCCC(C)Nc1ccc(C(=O)CCC(=O)OC)cc1. The number of esters is 1. The average molecular weight is 432 g/mol. The number of hydrogen-bond acceptors (Lipinski definition) is 4. The monoisotopic (exact) mass is 431 g/mol. The number of benzene rings is 1. The summed E-state index contributed by atoms with van der Waals surface area (Å²) >= 11 is 0. The van der Waals surface area contributed by atoms with Crippen LogP contribution in [0, 0.1) is 0 Å². The first-order valence-corrected chi connectivity index (χ1v) is 12.5. The Balaban J connectivity index is 2.07. The van der Waals surface area contributed by atoms with E-state index in [1.54, 1.807) is 0 Å². The summed E-state index contributed by atoms with van der Waals surface area (Å²) in [6.45, 7) is 4.49. The molecule has 0 fully saturated rings. The number of unbranched alkanes of at least 4 members (excludes halogenated alkanes) is 11. The van der Waals surface area contributed by atoms with Crippen molar-refractivity contribution in [1.29, 1.82) is 0 Å². The number of carbonyl (C=O) groups excluding carboxylic acids is 2. The molecule has 0 aliphatic heterocycles. The number of nitrogens with one attached hydrogen (secondary N) is 1. The number of ether oxygens (including phenoxy) is 1. The van der Waals surface area contributed by atoms with Crippen LogP contribution < -0.4 is 5.32 Å². The number of ketones is 1. The molecule has 1 unspecified atom stereocenters. The Labute approximate surface area is 190 Å². The van der Waals surface area contributed by atoms with Crippen LogP contribution in [-0.2, 0) is 9.53 Å². The third-order valence-electron chi connectivity index (χ3n) is 5.89. The predicted octanol–water partition coefficient (Wildman–Crippen LogP) is 7.71. The molecule has 1 atom stereocenters. The van der Waals surface area contributed by atoms with E-state index in [2.05, 4.69) is 23.9 Å². The molecule has 1 N–H and O–H groups in total. The van der Waals surface area contributed by atoms with Crippen LogP contribution >= 0.6 is 0 Å². The molecular formula is C27H45NO3. The number of methoxy groups -OCH3 is 1. The Bertz CT molecular complexity index is 597. The Hall–Kier alpha value is -1.84. The number of carbonyl (C=O) groups is 2. The Morgan fingerprint density at radius 2 is 1.32 bits per heavy atom. The molecule has 1 rings (SSSR count). The van der Waals surface area contributed by atoms with Crippen molar-refractivity contribution >= 4 is 17.4 Å². The Morgan fingerprint density at radius 1 is 0.806 bits per heavy atom. The summed E-state index contributed by atoms with van der Waals surface area (Å²) in [4.78, 5) is 23.3. The van der Waals surface area contributed by atoms with Gasteiger partial charge in [-0.25, -0.2) is 0 Å². The molecule has 0 spiro atoms. The summed E-state index contributed by atoms with van der Waals surface area (Å²) < 4.78 is 4.58. The van der Waals surface area contributed by atoms with Gasteiger partial charge in [0.15, 0.2) is 5.78 Å². The summed E-state index contributed by atoms with van der Waals surface area (Å²) in [6.07, 6.45) is 18.0. The highest BCUT2D eigenvalue weighted by Gasteiger charge is 2.10. The zero-order chi connectivity index (χ0) is 22.7. The number of rotatable bonds is 19. The summed E-state index contributed by atoms with van der Waals surface area (Å²) in [5, 5.41) is 3.52. The molecule has 0 amide bonds. The van der Waals surface area contributed by atoms with E-state index in [1.165, 1.54) is 84.2 Å². The highest BCUT2D eigenvalue weighted by atomic mass is 16.5. The smallest absolute Gasteiger partial charge is 0.305 e. The van der Waals surface area contributed by atoms with E-state index in [-0.39, 0.29) is 24.6 Å². The van der Waals surface area contributed by atoms with Crippen LogP contribution in [0.1, 0.15) is 121 Å². The Kier molecular flexibility index (Phi) is 15.6. The second-order valence-electron chi connectivity index (χ2n) is 8.80. The summed E-state index contributed by atoms with van der Waals surface area (Å²) in [7, 11) is 1.34. The fraction of sp³-hybridized carbons (Fsp3) is 0.704. The molecule has 4 heteroatoms. The second-order valence-corrected chi connectivity index (χ2v) is 8.80. The lowest BCUT2D eigenvalue weighted by molar-refractivity contribution is -0.140. The van der Waals surface area contributed by atoms with E-state index in [1.807, 2.05) is 24.3 Å². The molecule has 0 heterocycles. The van der Waals surface area contributed by atoms with E-state index >= 15 is 0 Å². The van der Waals surface area contributed by atoms with E-state index < -0.39 is 0 Å². The highest BCUT2D eigenvalue weighted by molar-refractivity contribution is 5.97. The standard InChI is InChI=1S/C27H45NO3/c1-4-5-6-7-8-9-10-11-12-13-14-15-16-23(2)28-25-19-17-24(18-20-25)26(29)21-22-27(30)31-3/h17-20,23,28H,4-16,21-22H2,1-3H3. The molecule has 1 aromatic carbocycles. The molecular weight excluding hydrogens is 386 g/mol. The fourth-order valence-electron chi connectivity index (χ4n) is 3.86. The van der Waals surface area contributed by atoms with Gasteiger partial charge < -0.3 is 10.1 Å². The van der Waals surface area contributed by atoms with Crippen molar-refractivity contribution in [3.8, 4) is 0 Å². The van der Waals surface area contributed by atoms with Crippen LogP contribution in [0.5, 0.6) is 0 Å². The summed E-state index contributed by atoms with van der Waals surface area (Å²) in [5.74, 6) is -0.375. The number of anilines is 1. The quantitative estimate of drug-likeness (QED) is 0.138.